The highest BCUT2D eigenvalue weighted by molar-refractivity contribution is 5.88. The lowest BCUT2D eigenvalue weighted by atomic mass is 10.1. The maximum Gasteiger partial charge on any atom is 0.320 e. The number of aromatic nitrogens is 2. The molecular formula is C18H23N5O2. The zero-order chi connectivity index (χ0) is 17.3. The summed E-state index contributed by atoms with van der Waals surface area (Å²) in [5.41, 5.74) is 0. The second kappa shape index (κ2) is 8.86. The summed E-state index contributed by atoms with van der Waals surface area (Å²) in [6.07, 6.45) is 5.10. The van der Waals surface area contributed by atoms with E-state index in [1.807, 2.05) is 36.4 Å². The van der Waals surface area contributed by atoms with Crippen LogP contribution in [0.4, 0.5) is 16.4 Å². The molecule has 0 spiro atoms. The number of amides is 2. The monoisotopic (exact) mass is 341 g/mol. The normalized spacial score (nSPS) is 14.0. The molecule has 0 radical (unpaired) electrons. The molecule has 2 heterocycles. The van der Waals surface area contributed by atoms with Crippen LogP contribution in [0.5, 0.6) is 5.75 Å². The van der Waals surface area contributed by atoms with Crippen molar-refractivity contribution in [3.8, 4) is 5.75 Å². The van der Waals surface area contributed by atoms with Crippen molar-refractivity contribution in [1.82, 2.24) is 15.3 Å². The molecule has 2 aromatic rings. The third kappa shape index (κ3) is 5.34. The Morgan fingerprint density at radius 3 is 2.72 bits per heavy atom. The minimum absolute atomic E-state index is 0.306. The van der Waals surface area contributed by atoms with Gasteiger partial charge in [-0.15, -0.1) is 0 Å². The molecular weight excluding hydrogens is 318 g/mol. The van der Waals surface area contributed by atoms with E-state index >= 15 is 0 Å². The molecule has 3 rings (SSSR count). The summed E-state index contributed by atoms with van der Waals surface area (Å²) in [4.78, 5) is 22.6. The van der Waals surface area contributed by atoms with Crippen molar-refractivity contribution in [3.63, 3.8) is 0 Å². The first-order valence-corrected chi connectivity index (χ1v) is 8.61. The number of rotatable bonds is 6. The van der Waals surface area contributed by atoms with Crippen molar-refractivity contribution in [2.45, 2.75) is 19.3 Å². The number of anilines is 2. The lowest BCUT2D eigenvalue weighted by Crippen LogP contribution is -2.33. The van der Waals surface area contributed by atoms with Crippen LogP contribution in [0.3, 0.4) is 0 Å². The zero-order valence-electron chi connectivity index (χ0n) is 14.1. The highest BCUT2D eigenvalue weighted by Gasteiger charge is 2.13. The molecule has 132 valence electrons. The minimum Gasteiger partial charge on any atom is -0.492 e. The third-order valence-corrected chi connectivity index (χ3v) is 3.97. The molecule has 0 unspecified atom stereocenters. The van der Waals surface area contributed by atoms with Crippen molar-refractivity contribution in [3.05, 3.63) is 42.7 Å². The molecule has 7 nitrogen and oxygen atoms in total. The fourth-order valence-corrected chi connectivity index (χ4v) is 2.72. The van der Waals surface area contributed by atoms with Gasteiger partial charge in [0.1, 0.15) is 30.3 Å². The molecule has 1 fully saturated rings. The van der Waals surface area contributed by atoms with Crippen LogP contribution in [0.1, 0.15) is 19.3 Å². The minimum atomic E-state index is -0.306. The summed E-state index contributed by atoms with van der Waals surface area (Å²) in [5, 5.41) is 5.49. The fraction of sp³-hybridized carbons (Fsp3) is 0.389. The van der Waals surface area contributed by atoms with Crippen molar-refractivity contribution in [2.24, 2.45) is 0 Å². The first-order chi connectivity index (χ1) is 12.3. The number of nitrogens with zero attached hydrogens (tertiary/aromatic N) is 3. The van der Waals surface area contributed by atoms with Crippen LogP contribution in [0.15, 0.2) is 42.7 Å². The van der Waals surface area contributed by atoms with E-state index in [0.717, 1.165) is 24.7 Å². The summed E-state index contributed by atoms with van der Waals surface area (Å²) >= 11 is 0. The number of carbonyl (C=O) groups excluding carboxylic acids is 1. The molecule has 2 amide bonds. The first kappa shape index (κ1) is 17.0. The van der Waals surface area contributed by atoms with Crippen LogP contribution in [0, 0.1) is 0 Å². The predicted octanol–water partition coefficient (Wildman–Crippen LogP) is 2.67. The van der Waals surface area contributed by atoms with E-state index in [4.69, 9.17) is 4.74 Å². The van der Waals surface area contributed by atoms with Crippen LogP contribution in [-0.4, -0.2) is 42.2 Å². The molecule has 1 aromatic heterocycles. The SMILES string of the molecule is O=C(NCCOc1ccccc1)Nc1cc(N2CCCCC2)ncn1. The highest BCUT2D eigenvalue weighted by Crippen LogP contribution is 2.18. The number of benzene rings is 1. The Kier molecular flexibility index (Phi) is 6.03. The number of urea groups is 1. The lowest BCUT2D eigenvalue weighted by molar-refractivity contribution is 0.247. The molecule has 25 heavy (non-hydrogen) atoms. The van der Waals surface area contributed by atoms with E-state index < -0.39 is 0 Å². The van der Waals surface area contributed by atoms with Gasteiger partial charge in [-0.3, -0.25) is 5.32 Å². The van der Waals surface area contributed by atoms with Crippen LogP contribution in [-0.2, 0) is 0 Å². The highest BCUT2D eigenvalue weighted by atomic mass is 16.5. The Hall–Kier alpha value is -2.83. The Balaban J connectivity index is 1.43. The molecule has 7 heteroatoms. The second-order valence-electron chi connectivity index (χ2n) is 5.85. The zero-order valence-corrected chi connectivity index (χ0v) is 14.1. The average Bonchev–Trinajstić information content (AvgIpc) is 2.67. The smallest absolute Gasteiger partial charge is 0.320 e. The molecule has 0 saturated carbocycles. The number of nitrogens with one attached hydrogen (secondary N) is 2. The van der Waals surface area contributed by atoms with Gasteiger partial charge in [-0.25, -0.2) is 14.8 Å². The second-order valence-corrected chi connectivity index (χ2v) is 5.85. The molecule has 1 aromatic carbocycles. The number of hydrogen-bond acceptors (Lipinski definition) is 5. The Bertz CT molecular complexity index is 674. The number of hydrogen-bond donors (Lipinski definition) is 2. The van der Waals surface area contributed by atoms with Gasteiger partial charge in [0.05, 0.1) is 6.54 Å². The summed E-state index contributed by atoms with van der Waals surface area (Å²) in [6, 6.07) is 11.0. The van der Waals surface area contributed by atoms with Gasteiger partial charge in [0.15, 0.2) is 0 Å². The third-order valence-electron chi connectivity index (χ3n) is 3.97. The number of carbonyl (C=O) groups is 1. The van der Waals surface area contributed by atoms with E-state index in [1.165, 1.54) is 25.6 Å². The van der Waals surface area contributed by atoms with Gasteiger partial charge in [0.25, 0.3) is 0 Å². The van der Waals surface area contributed by atoms with Crippen molar-refractivity contribution in [1.29, 1.82) is 0 Å². The van der Waals surface area contributed by atoms with Gasteiger partial charge in [-0.2, -0.15) is 0 Å². The van der Waals surface area contributed by atoms with Crippen LogP contribution >= 0.6 is 0 Å². The van der Waals surface area contributed by atoms with Crippen molar-refractivity contribution >= 4 is 17.7 Å². The number of ether oxygens (including phenoxy) is 1. The van der Waals surface area contributed by atoms with E-state index in [2.05, 4.69) is 25.5 Å². The quantitative estimate of drug-likeness (QED) is 0.790. The molecule has 0 bridgehead atoms. The van der Waals surface area contributed by atoms with E-state index in [0.29, 0.717) is 19.0 Å². The van der Waals surface area contributed by atoms with Gasteiger partial charge in [0.2, 0.25) is 0 Å². The summed E-state index contributed by atoms with van der Waals surface area (Å²) < 4.78 is 5.53. The van der Waals surface area contributed by atoms with Crippen LogP contribution in [0.2, 0.25) is 0 Å². The van der Waals surface area contributed by atoms with Crippen LogP contribution in [0.25, 0.3) is 0 Å². The van der Waals surface area contributed by atoms with Gasteiger partial charge in [-0.05, 0) is 31.4 Å². The van der Waals surface area contributed by atoms with Gasteiger partial charge >= 0.3 is 6.03 Å². The predicted molar refractivity (Wildman–Crippen MR) is 97.1 cm³/mol. The van der Waals surface area contributed by atoms with Crippen molar-refractivity contribution < 1.29 is 9.53 Å². The standard InChI is InChI=1S/C18H23N5O2/c24-18(19-9-12-25-15-7-3-1-4-8-15)22-16-13-17(21-14-20-16)23-10-5-2-6-11-23/h1,3-4,7-8,13-14H,2,5-6,9-12H2,(H2,19,20,21,22,24). The topological polar surface area (TPSA) is 79.4 Å². The maximum atomic E-state index is 12.0. The Morgan fingerprint density at radius 2 is 1.92 bits per heavy atom. The average molecular weight is 341 g/mol. The molecule has 0 atom stereocenters. The van der Waals surface area contributed by atoms with E-state index in [-0.39, 0.29) is 6.03 Å². The van der Waals surface area contributed by atoms with Crippen LogP contribution < -0.4 is 20.3 Å². The maximum absolute atomic E-state index is 12.0. The van der Waals surface area contributed by atoms with Gasteiger partial charge in [0, 0.05) is 19.2 Å². The number of para-hydroxylation sites is 1. The molecule has 1 aliphatic heterocycles. The number of piperidine rings is 1. The Morgan fingerprint density at radius 1 is 1.12 bits per heavy atom. The van der Waals surface area contributed by atoms with Crippen molar-refractivity contribution in [2.75, 3.05) is 36.5 Å². The largest absolute Gasteiger partial charge is 0.492 e. The lowest BCUT2D eigenvalue weighted by Gasteiger charge is -2.27. The first-order valence-electron chi connectivity index (χ1n) is 8.61. The van der Waals surface area contributed by atoms with Gasteiger partial charge in [-0.1, -0.05) is 18.2 Å². The van der Waals surface area contributed by atoms with Gasteiger partial charge < -0.3 is 15.0 Å². The molecule has 2 N–H and O–H groups in total. The Labute approximate surface area is 147 Å². The molecule has 0 aliphatic carbocycles. The molecule has 1 aliphatic rings. The fourth-order valence-electron chi connectivity index (χ4n) is 2.72. The van der Waals surface area contributed by atoms with E-state index in [1.54, 1.807) is 0 Å². The summed E-state index contributed by atoms with van der Waals surface area (Å²) in [6.45, 7) is 2.81. The molecule has 1 saturated heterocycles. The summed E-state index contributed by atoms with van der Waals surface area (Å²) in [7, 11) is 0. The van der Waals surface area contributed by atoms with E-state index in [9.17, 15) is 4.79 Å². The summed E-state index contributed by atoms with van der Waals surface area (Å²) in [5.74, 6) is 2.14.